The van der Waals surface area contributed by atoms with Crippen molar-refractivity contribution in [2.75, 3.05) is 119 Å². The Kier molecular flexibility index (Phi) is 16.0. The minimum absolute atomic E-state index is 0.0134. The highest BCUT2D eigenvalue weighted by Crippen LogP contribution is 2.40. The van der Waals surface area contributed by atoms with Gasteiger partial charge >= 0.3 is 5.97 Å². The molecule has 2 bridgehead atoms. The zero-order valence-corrected chi connectivity index (χ0v) is 32.0. The Balaban J connectivity index is 2.43. The number of hydrazine groups is 1. The molecule has 9 N–H and O–H groups in total. The number of carboxylic acid groups (broad SMARTS) is 1. The maximum Gasteiger partial charge on any atom is 0.338 e. The van der Waals surface area contributed by atoms with Crippen LogP contribution in [0.3, 0.4) is 0 Å². The molecule has 0 unspecified atom stereocenters. The number of carbonyl (C=O) groups excluding carboxylic acids is 1. The first kappa shape index (κ1) is 41.9. The molecular weight excluding hydrogens is 668 g/mol. The van der Waals surface area contributed by atoms with Crippen molar-refractivity contribution < 1.29 is 14.7 Å². The Morgan fingerprint density at radius 2 is 1.25 bits per heavy atom. The average Bonchev–Trinajstić information content (AvgIpc) is 3.24. The molecular formula is C35H58N12O5. The van der Waals surface area contributed by atoms with Gasteiger partial charge in [0.15, 0.2) is 5.84 Å². The van der Waals surface area contributed by atoms with Crippen LogP contribution in [-0.4, -0.2) is 156 Å². The van der Waals surface area contributed by atoms with Crippen LogP contribution < -0.4 is 43.8 Å². The van der Waals surface area contributed by atoms with Crippen molar-refractivity contribution in [3.63, 3.8) is 0 Å². The number of aromatic amines is 1. The van der Waals surface area contributed by atoms with E-state index in [4.69, 9.17) is 5.73 Å². The fraction of sp³-hybridized carbons (Fsp3) is 0.571. The third-order valence-electron chi connectivity index (χ3n) is 8.36. The van der Waals surface area contributed by atoms with Crippen molar-refractivity contribution in [3.05, 3.63) is 43.5 Å². The molecule has 4 aromatic rings. The van der Waals surface area contributed by atoms with E-state index in [1.54, 1.807) is 6.07 Å². The van der Waals surface area contributed by atoms with Crippen LogP contribution in [0.1, 0.15) is 52.0 Å². The van der Waals surface area contributed by atoms with Crippen LogP contribution in [-0.2, 0) is 0 Å². The Morgan fingerprint density at radius 1 is 0.712 bits per heavy atom. The minimum Gasteiger partial charge on any atom is -0.478 e. The molecule has 2 aromatic heterocycles. The van der Waals surface area contributed by atoms with Gasteiger partial charge in [0.2, 0.25) is 0 Å². The van der Waals surface area contributed by atoms with E-state index in [1.807, 2.05) is 76.0 Å². The number of aromatic carboxylic acids is 1. The number of amides is 1. The Morgan fingerprint density at radius 3 is 1.81 bits per heavy atom. The van der Waals surface area contributed by atoms with Crippen molar-refractivity contribution in [2.24, 2.45) is 10.8 Å². The summed E-state index contributed by atoms with van der Waals surface area (Å²) in [6.07, 6.45) is 2.76. The topological polar surface area (TPSA) is 216 Å². The van der Waals surface area contributed by atoms with Crippen LogP contribution in [0.4, 0.5) is 11.4 Å². The molecule has 0 saturated heterocycles. The maximum absolute atomic E-state index is 14.3. The van der Waals surface area contributed by atoms with Gasteiger partial charge in [-0.25, -0.2) is 10.2 Å². The van der Waals surface area contributed by atoms with Gasteiger partial charge in [-0.15, -0.1) is 0 Å². The summed E-state index contributed by atoms with van der Waals surface area (Å²) in [4.78, 5) is 65.8. The number of hydrogen-bond donors (Lipinski definition) is 8. The summed E-state index contributed by atoms with van der Waals surface area (Å²) in [6.45, 7) is 4.60. The lowest BCUT2D eigenvalue weighted by molar-refractivity contribution is 0.0692. The summed E-state index contributed by atoms with van der Waals surface area (Å²) in [6, 6.07) is 1.56. The molecule has 17 heteroatoms. The van der Waals surface area contributed by atoms with Crippen molar-refractivity contribution in [2.45, 2.75) is 25.7 Å². The van der Waals surface area contributed by atoms with Crippen molar-refractivity contribution in [1.29, 1.82) is 0 Å². The van der Waals surface area contributed by atoms with Crippen LogP contribution >= 0.6 is 0 Å². The predicted molar refractivity (Wildman–Crippen MR) is 210 cm³/mol. The number of nitrogens with two attached hydrogens (primary N) is 1. The summed E-state index contributed by atoms with van der Waals surface area (Å²) < 4.78 is 0. The van der Waals surface area contributed by atoms with E-state index in [0.29, 0.717) is 57.7 Å². The number of anilines is 2. The molecule has 0 spiro atoms. The summed E-state index contributed by atoms with van der Waals surface area (Å²) >= 11 is 0. The first-order valence-corrected chi connectivity index (χ1v) is 17.6. The number of nitrogens with one attached hydrogen (secondary N) is 6. The molecule has 17 nitrogen and oxygen atoms in total. The molecule has 52 heavy (non-hydrogen) atoms. The van der Waals surface area contributed by atoms with E-state index in [0.717, 1.165) is 26.1 Å². The summed E-state index contributed by atoms with van der Waals surface area (Å²) in [5.41, 5.74) is 13.5. The quantitative estimate of drug-likeness (QED) is 0.0285. The number of carbonyl (C=O) groups is 2. The number of H-pyrrole nitrogens is 1. The van der Waals surface area contributed by atoms with Crippen LogP contribution in [0.5, 0.6) is 0 Å². The van der Waals surface area contributed by atoms with Crippen LogP contribution in [0.2, 0.25) is 0 Å². The molecule has 2 aromatic carbocycles. The molecule has 0 aliphatic rings. The van der Waals surface area contributed by atoms with Crippen LogP contribution in [0, 0.1) is 0 Å². The van der Waals surface area contributed by atoms with Crippen molar-refractivity contribution in [1.82, 2.24) is 40.9 Å². The molecule has 0 aliphatic heterocycles. The third-order valence-corrected chi connectivity index (χ3v) is 8.36. The lowest BCUT2D eigenvalue weighted by Gasteiger charge is -2.23. The fourth-order valence-electron chi connectivity index (χ4n) is 5.94. The van der Waals surface area contributed by atoms with Gasteiger partial charge in [0.05, 0.1) is 33.2 Å². The fourth-order valence-corrected chi connectivity index (χ4v) is 5.94. The SMILES string of the molecule is CN(C)CCCNN=C(N)c1c(NCCCN(C)C)c(C(=O)O)c(C(=O)NNCCCN(C)C)c2c3c(NCCCN(C)C)cc(c(=O)[nH]c3=O)c12. The van der Waals surface area contributed by atoms with Crippen molar-refractivity contribution >= 4 is 50.6 Å². The van der Waals surface area contributed by atoms with Gasteiger partial charge in [0.25, 0.3) is 17.0 Å². The van der Waals surface area contributed by atoms with Gasteiger partial charge in [-0.1, -0.05) is 0 Å². The van der Waals surface area contributed by atoms with E-state index in [1.165, 1.54) is 0 Å². The predicted octanol–water partition coefficient (Wildman–Crippen LogP) is 0.252. The average molecular weight is 727 g/mol. The molecule has 288 valence electrons. The first-order chi connectivity index (χ1) is 24.6. The number of rotatable bonds is 23. The first-order valence-electron chi connectivity index (χ1n) is 17.6. The van der Waals surface area contributed by atoms with Gasteiger partial charge in [-0.2, -0.15) is 5.10 Å². The van der Waals surface area contributed by atoms with E-state index < -0.39 is 28.6 Å². The standard InChI is InChI=1S/C35H58N12O5/c1-44(2)17-9-13-37-23-21-22-24-26(25(23)33(49)41-32(22)48)27(34(50)43-40-16-12-20-47(7)8)29(35(51)52)30(38-14-10-18-45(3)4)28(24)31(36)42-39-15-11-19-46(5)6/h21,37-40H,9-20H2,1-8H3,(H2,36,42)(H,43,50)(H,51,52)(H,41,48,49). The Bertz CT molecular complexity index is 1810. The lowest BCUT2D eigenvalue weighted by Crippen LogP contribution is -2.40. The molecule has 2 heterocycles. The number of aromatic nitrogens is 1. The van der Waals surface area contributed by atoms with Crippen LogP contribution in [0.25, 0.3) is 21.5 Å². The van der Waals surface area contributed by atoms with Gasteiger partial charge in [-0.05, 0) is 114 Å². The number of hydrazone groups is 1. The number of fused-ring (bicyclic) bond motifs is 3. The summed E-state index contributed by atoms with van der Waals surface area (Å²) in [5, 5.41) is 21.9. The number of benzene rings is 2. The smallest absolute Gasteiger partial charge is 0.338 e. The largest absolute Gasteiger partial charge is 0.478 e. The van der Waals surface area contributed by atoms with Gasteiger partial charge in [-0.3, -0.25) is 24.8 Å². The minimum atomic E-state index is -1.43. The lowest BCUT2D eigenvalue weighted by atomic mass is 9.87. The highest BCUT2D eigenvalue weighted by Gasteiger charge is 2.33. The second-order valence-electron chi connectivity index (χ2n) is 14.0. The van der Waals surface area contributed by atoms with E-state index >= 15 is 0 Å². The highest BCUT2D eigenvalue weighted by atomic mass is 16.4. The Labute approximate surface area is 305 Å². The molecule has 0 fully saturated rings. The van der Waals surface area contributed by atoms with Crippen LogP contribution in [0.15, 0.2) is 20.8 Å². The second kappa shape index (κ2) is 19.9. The number of amidine groups is 1. The summed E-state index contributed by atoms with van der Waals surface area (Å²) in [5.74, 6) is -2.32. The molecule has 1 amide bonds. The van der Waals surface area contributed by atoms with E-state index in [9.17, 15) is 24.3 Å². The number of nitrogens with zero attached hydrogens (tertiary/aromatic N) is 5. The molecule has 0 saturated carbocycles. The van der Waals surface area contributed by atoms with Gasteiger partial charge in [0.1, 0.15) is 0 Å². The molecule has 0 radical (unpaired) electrons. The zero-order chi connectivity index (χ0) is 38.5. The zero-order valence-electron chi connectivity index (χ0n) is 32.0. The normalized spacial score (nSPS) is 12.2. The van der Waals surface area contributed by atoms with E-state index in [-0.39, 0.29) is 44.2 Å². The second-order valence-corrected chi connectivity index (χ2v) is 14.0. The molecule has 0 atom stereocenters. The number of hydrogen-bond acceptors (Lipinski definition) is 13. The summed E-state index contributed by atoms with van der Waals surface area (Å²) in [7, 11) is 15.5. The van der Waals surface area contributed by atoms with Gasteiger partial charge < -0.3 is 46.5 Å². The maximum atomic E-state index is 14.3. The number of carboxylic acids is 1. The van der Waals surface area contributed by atoms with E-state index in [2.05, 4.69) is 37.0 Å². The highest BCUT2D eigenvalue weighted by molar-refractivity contribution is 6.32. The van der Waals surface area contributed by atoms with Gasteiger partial charge in [0, 0.05) is 42.6 Å². The molecule has 4 rings (SSSR count). The molecule has 0 aliphatic carbocycles. The monoisotopic (exact) mass is 726 g/mol. The van der Waals surface area contributed by atoms with Crippen molar-refractivity contribution in [3.8, 4) is 0 Å². The third kappa shape index (κ3) is 11.2. The Hall–Kier alpha value is -4.55.